The molecule has 0 bridgehead atoms. The molecule has 0 aromatic heterocycles. The van der Waals surface area contributed by atoms with Gasteiger partial charge in [-0.05, 0) is 166 Å². The average molecular weight is 927 g/mol. The lowest BCUT2D eigenvalue weighted by Gasteiger charge is -2.34. The first-order valence-electron chi connectivity index (χ1n) is 25.3. The third-order valence-electron chi connectivity index (χ3n) is 15.7. The summed E-state index contributed by atoms with van der Waals surface area (Å²) < 4.78 is 0. The summed E-state index contributed by atoms with van der Waals surface area (Å²) in [5.74, 6) is 0. The molecule has 73 heavy (non-hydrogen) atoms. The normalized spacial score (nSPS) is 14.1. The highest BCUT2D eigenvalue weighted by molar-refractivity contribution is 6.02. The lowest BCUT2D eigenvalue weighted by molar-refractivity contribution is 0.793. The molecule has 0 amide bonds. The summed E-state index contributed by atoms with van der Waals surface area (Å²) in [5.41, 5.74) is 18.6. The van der Waals surface area contributed by atoms with Gasteiger partial charge in [0.05, 0.1) is 11.1 Å². The monoisotopic (exact) mass is 926 g/mol. The molecule has 1 spiro atoms. The minimum atomic E-state index is -0.622. The van der Waals surface area contributed by atoms with Crippen LogP contribution in [-0.4, -0.2) is 0 Å². The Morgan fingerprint density at radius 2 is 0.548 bits per heavy atom. The second kappa shape index (κ2) is 16.3. The van der Waals surface area contributed by atoms with Crippen molar-refractivity contribution in [2.24, 2.45) is 0 Å². The number of hydrogen-bond acceptors (Lipinski definition) is 2. The Labute approximate surface area is 424 Å². The van der Waals surface area contributed by atoms with Crippen molar-refractivity contribution >= 4 is 77.2 Å². The van der Waals surface area contributed by atoms with Crippen molar-refractivity contribution in [3.63, 3.8) is 0 Å². The molecule has 0 radical (unpaired) electrons. The Balaban J connectivity index is 0.999. The van der Waals surface area contributed by atoms with Crippen LogP contribution in [-0.2, 0) is 5.41 Å². The minimum Gasteiger partial charge on any atom is -0.310 e. The number of rotatable bonds is 7. The van der Waals surface area contributed by atoms with E-state index in [1.807, 2.05) is 0 Å². The molecular weight excluding hydrogens is 881 g/mol. The van der Waals surface area contributed by atoms with Gasteiger partial charge in [-0.15, -0.1) is 0 Å². The molecule has 0 saturated heterocycles. The Kier molecular flexibility index (Phi) is 9.21. The predicted octanol–water partition coefficient (Wildman–Crippen LogP) is 19.2. The zero-order chi connectivity index (χ0) is 48.0. The van der Waals surface area contributed by atoms with Crippen LogP contribution in [0.2, 0.25) is 0 Å². The zero-order valence-corrected chi connectivity index (χ0v) is 40.0. The molecule has 0 heterocycles. The van der Waals surface area contributed by atoms with Gasteiger partial charge >= 0.3 is 0 Å². The van der Waals surface area contributed by atoms with Crippen molar-refractivity contribution in [1.29, 1.82) is 0 Å². The first-order valence-corrected chi connectivity index (χ1v) is 25.3. The van der Waals surface area contributed by atoms with Gasteiger partial charge < -0.3 is 9.80 Å². The van der Waals surface area contributed by atoms with E-state index in [9.17, 15) is 0 Å². The highest BCUT2D eigenvalue weighted by Crippen LogP contribution is 2.64. The van der Waals surface area contributed by atoms with Crippen molar-refractivity contribution in [2.75, 3.05) is 9.80 Å². The molecule has 2 aliphatic carbocycles. The summed E-state index contributed by atoms with van der Waals surface area (Å²) in [6.45, 7) is 0. The van der Waals surface area contributed by atoms with E-state index in [2.05, 4.69) is 289 Å². The van der Waals surface area contributed by atoms with Crippen LogP contribution >= 0.6 is 0 Å². The fourth-order valence-corrected chi connectivity index (χ4v) is 12.5. The van der Waals surface area contributed by atoms with E-state index < -0.39 is 5.41 Å². The fourth-order valence-electron chi connectivity index (χ4n) is 12.5. The SMILES string of the molecule is c1ccc(-c2cc3ccccc3cc2N(c2ccc3c(c2)C2(c4ccccc4-c4ccc(N(c5ccc6ccccc6c5)c5ccc6ccccc6c5)cc42)c2ccccc2-3)c2ccc3ccccc3c2)cc1. The molecule has 0 N–H and O–H groups in total. The van der Waals surface area contributed by atoms with Gasteiger partial charge in [0, 0.05) is 34.0 Å². The zero-order valence-electron chi connectivity index (χ0n) is 40.0. The summed E-state index contributed by atoms with van der Waals surface area (Å²) in [5, 5.41) is 9.68. The number of fused-ring (bicyclic) bond motifs is 14. The third-order valence-corrected chi connectivity index (χ3v) is 15.7. The molecule has 0 saturated carbocycles. The summed E-state index contributed by atoms with van der Waals surface area (Å²) in [4.78, 5) is 4.97. The quantitative estimate of drug-likeness (QED) is 0.157. The second-order valence-electron chi connectivity index (χ2n) is 19.6. The van der Waals surface area contributed by atoms with E-state index in [1.54, 1.807) is 0 Å². The Hall–Kier alpha value is -9.50. The molecule has 13 aromatic carbocycles. The Morgan fingerprint density at radius 3 is 1.04 bits per heavy atom. The molecule has 340 valence electrons. The summed E-state index contributed by atoms with van der Waals surface area (Å²) in [7, 11) is 0. The van der Waals surface area contributed by atoms with Gasteiger partial charge in [-0.1, -0.05) is 206 Å². The Bertz CT molecular complexity index is 4270. The smallest absolute Gasteiger partial charge is 0.0727 e. The lowest BCUT2D eigenvalue weighted by atomic mass is 9.70. The molecule has 15 rings (SSSR count). The molecule has 1 unspecified atom stereocenters. The van der Waals surface area contributed by atoms with Crippen molar-refractivity contribution in [1.82, 2.24) is 0 Å². The summed E-state index contributed by atoms with van der Waals surface area (Å²) in [6.07, 6.45) is 0. The van der Waals surface area contributed by atoms with Gasteiger partial charge in [0.15, 0.2) is 0 Å². The van der Waals surface area contributed by atoms with Crippen LogP contribution in [0.1, 0.15) is 22.3 Å². The van der Waals surface area contributed by atoms with Crippen LogP contribution in [0.25, 0.3) is 76.5 Å². The van der Waals surface area contributed by atoms with Gasteiger partial charge in [-0.25, -0.2) is 0 Å². The van der Waals surface area contributed by atoms with E-state index in [1.165, 1.54) is 98.7 Å². The summed E-state index contributed by atoms with van der Waals surface area (Å²) >= 11 is 0. The van der Waals surface area contributed by atoms with Crippen LogP contribution < -0.4 is 9.80 Å². The summed E-state index contributed by atoms with van der Waals surface area (Å²) in [6, 6.07) is 104. The standard InChI is InChI=1S/C71H46N2/c1-2-19-50(20-3-1)65-43-54-24-10-11-25-55(54)44-70(65)73(58-35-32-49-18-6-9-23-53(49)42-58)60-37-39-64-62-27-13-15-29-67(62)71(69(64)46-60)66-28-14-12-26-61(66)63-38-36-59(45-68(63)71)72(56-33-30-47-16-4-7-21-51(47)40-56)57-34-31-48-17-5-8-22-52(48)41-57/h1-46H. The predicted molar refractivity (Wildman–Crippen MR) is 308 cm³/mol. The topological polar surface area (TPSA) is 6.48 Å². The number of hydrogen-bond donors (Lipinski definition) is 0. The minimum absolute atomic E-state index is 0.622. The highest BCUT2D eigenvalue weighted by Gasteiger charge is 2.52. The van der Waals surface area contributed by atoms with Gasteiger partial charge in [0.1, 0.15) is 0 Å². The van der Waals surface area contributed by atoms with Gasteiger partial charge in [-0.2, -0.15) is 0 Å². The molecule has 2 aliphatic rings. The number of anilines is 6. The van der Waals surface area contributed by atoms with E-state index in [4.69, 9.17) is 0 Å². The van der Waals surface area contributed by atoms with E-state index >= 15 is 0 Å². The first kappa shape index (κ1) is 41.3. The van der Waals surface area contributed by atoms with Crippen molar-refractivity contribution in [3.05, 3.63) is 301 Å². The van der Waals surface area contributed by atoms with E-state index in [0.29, 0.717) is 0 Å². The fraction of sp³-hybridized carbons (Fsp3) is 0.0141. The maximum absolute atomic E-state index is 2.53. The molecule has 1 atom stereocenters. The molecular formula is C71H46N2. The number of benzene rings is 13. The van der Waals surface area contributed by atoms with Crippen molar-refractivity contribution < 1.29 is 0 Å². The maximum Gasteiger partial charge on any atom is 0.0727 e. The molecule has 0 fully saturated rings. The molecule has 0 aliphatic heterocycles. The maximum atomic E-state index is 2.53. The number of nitrogens with zero attached hydrogens (tertiary/aromatic N) is 2. The first-order chi connectivity index (χ1) is 36.2. The van der Waals surface area contributed by atoms with Crippen LogP contribution in [0.3, 0.4) is 0 Å². The Morgan fingerprint density at radius 1 is 0.205 bits per heavy atom. The molecule has 2 heteroatoms. The van der Waals surface area contributed by atoms with Crippen LogP contribution in [0.15, 0.2) is 279 Å². The lowest BCUT2D eigenvalue weighted by Crippen LogP contribution is -2.26. The highest BCUT2D eigenvalue weighted by atomic mass is 15.1. The van der Waals surface area contributed by atoms with Crippen LogP contribution in [0.4, 0.5) is 34.1 Å². The molecule has 13 aromatic rings. The van der Waals surface area contributed by atoms with E-state index in [-0.39, 0.29) is 0 Å². The second-order valence-corrected chi connectivity index (χ2v) is 19.6. The largest absolute Gasteiger partial charge is 0.310 e. The van der Waals surface area contributed by atoms with Crippen molar-refractivity contribution in [3.8, 4) is 33.4 Å². The third kappa shape index (κ3) is 6.37. The van der Waals surface area contributed by atoms with Gasteiger partial charge in [0.25, 0.3) is 0 Å². The van der Waals surface area contributed by atoms with E-state index in [0.717, 1.165) is 34.1 Å². The van der Waals surface area contributed by atoms with Gasteiger partial charge in [-0.3, -0.25) is 0 Å². The van der Waals surface area contributed by atoms with Crippen LogP contribution in [0.5, 0.6) is 0 Å². The van der Waals surface area contributed by atoms with Gasteiger partial charge in [0.2, 0.25) is 0 Å². The van der Waals surface area contributed by atoms with Crippen LogP contribution in [0, 0.1) is 0 Å². The molecule has 2 nitrogen and oxygen atoms in total. The van der Waals surface area contributed by atoms with Crippen molar-refractivity contribution in [2.45, 2.75) is 5.41 Å². The average Bonchev–Trinajstić information content (AvgIpc) is 3.92.